The fourth-order valence-electron chi connectivity index (χ4n) is 5.10. The van der Waals surface area contributed by atoms with Crippen LogP contribution < -0.4 is 10.6 Å². The van der Waals surface area contributed by atoms with Gasteiger partial charge in [-0.15, -0.1) is 10.2 Å². The van der Waals surface area contributed by atoms with E-state index in [1.54, 1.807) is 18.9 Å². The van der Waals surface area contributed by atoms with Crippen LogP contribution in [0, 0.1) is 13.8 Å². The molecular weight excluding hydrogens is 484 g/mol. The van der Waals surface area contributed by atoms with Gasteiger partial charge in [0, 0.05) is 41.8 Å². The van der Waals surface area contributed by atoms with Gasteiger partial charge >= 0.3 is 0 Å². The first-order valence-electron chi connectivity index (χ1n) is 12.4. The Labute approximate surface area is 221 Å². The number of carbonyl (C=O) groups excluding carboxylic acids is 1. The zero-order valence-electron chi connectivity index (χ0n) is 21.1. The summed E-state index contributed by atoms with van der Waals surface area (Å²) in [6, 6.07) is 15.6. The Morgan fingerprint density at radius 3 is 2.59 bits per heavy atom. The number of benzene rings is 1. The van der Waals surface area contributed by atoms with Gasteiger partial charge in [0.2, 0.25) is 5.91 Å². The molecule has 0 bridgehead atoms. The van der Waals surface area contributed by atoms with Crippen molar-refractivity contribution in [1.82, 2.24) is 34.8 Å². The first-order chi connectivity index (χ1) is 18.0. The molecule has 4 heterocycles. The smallest absolute Gasteiger partial charge is 0.226 e. The molecule has 1 amide bonds. The van der Waals surface area contributed by atoms with Crippen molar-refractivity contribution in [2.45, 2.75) is 45.7 Å². The Hall–Kier alpha value is -4.05. The maximum Gasteiger partial charge on any atom is 0.226 e. The molecule has 2 N–H and O–H groups in total. The SMILES string of the molecule is CCc1ccccc1NC(=O)CCN1C(=S)N[C@@H](c2ccccn2)[C@@H]1c1cc(C)n(-n2cnnc2)c1C. The predicted octanol–water partition coefficient (Wildman–Crippen LogP) is 3.97. The number of aryl methyl sites for hydroxylation is 2. The van der Waals surface area contributed by atoms with Crippen LogP contribution in [0.2, 0.25) is 0 Å². The summed E-state index contributed by atoms with van der Waals surface area (Å²) in [6.45, 7) is 6.68. The maximum atomic E-state index is 13.0. The summed E-state index contributed by atoms with van der Waals surface area (Å²) in [7, 11) is 0. The summed E-state index contributed by atoms with van der Waals surface area (Å²) in [5.74, 6) is -0.0429. The molecule has 1 aromatic carbocycles. The first kappa shape index (κ1) is 24.6. The quantitative estimate of drug-likeness (QED) is 0.344. The number of pyridine rings is 1. The van der Waals surface area contributed by atoms with Crippen LogP contribution in [-0.4, -0.2) is 47.0 Å². The molecule has 1 saturated heterocycles. The summed E-state index contributed by atoms with van der Waals surface area (Å²) >= 11 is 5.80. The average Bonchev–Trinajstić information content (AvgIpc) is 3.61. The first-order valence-corrected chi connectivity index (χ1v) is 12.8. The predicted molar refractivity (Wildman–Crippen MR) is 146 cm³/mol. The zero-order chi connectivity index (χ0) is 25.9. The van der Waals surface area contributed by atoms with E-state index in [4.69, 9.17) is 12.2 Å². The molecule has 2 atom stereocenters. The summed E-state index contributed by atoms with van der Waals surface area (Å²) in [6.07, 6.45) is 6.29. The molecule has 0 radical (unpaired) electrons. The Balaban J connectivity index is 1.44. The van der Waals surface area contributed by atoms with Crippen molar-refractivity contribution in [3.05, 3.63) is 95.6 Å². The molecule has 0 saturated carbocycles. The van der Waals surface area contributed by atoms with Crippen molar-refractivity contribution >= 4 is 28.9 Å². The average molecular weight is 515 g/mol. The van der Waals surface area contributed by atoms with E-state index >= 15 is 0 Å². The second kappa shape index (κ2) is 10.5. The van der Waals surface area contributed by atoms with Gasteiger partial charge in [0.15, 0.2) is 5.11 Å². The second-order valence-corrected chi connectivity index (χ2v) is 9.50. The summed E-state index contributed by atoms with van der Waals surface area (Å²) in [5.41, 5.74) is 6.06. The molecule has 0 spiro atoms. The van der Waals surface area contributed by atoms with Crippen molar-refractivity contribution in [3.63, 3.8) is 0 Å². The Bertz CT molecular complexity index is 1400. The number of rotatable bonds is 8. The molecule has 5 rings (SSSR count). The normalized spacial score (nSPS) is 17.2. The zero-order valence-corrected chi connectivity index (χ0v) is 21.9. The highest BCUT2D eigenvalue weighted by atomic mass is 32.1. The van der Waals surface area contributed by atoms with Gasteiger partial charge in [-0.2, -0.15) is 0 Å². The highest BCUT2D eigenvalue weighted by Gasteiger charge is 2.41. The summed E-state index contributed by atoms with van der Waals surface area (Å²) in [5, 5.41) is 15.1. The van der Waals surface area contributed by atoms with Crippen LogP contribution in [0.4, 0.5) is 5.69 Å². The molecule has 10 heteroatoms. The molecule has 9 nitrogen and oxygen atoms in total. The lowest BCUT2D eigenvalue weighted by Crippen LogP contribution is -2.33. The fourth-order valence-corrected chi connectivity index (χ4v) is 5.43. The molecule has 1 aliphatic rings. The van der Waals surface area contributed by atoms with Crippen LogP contribution in [0.25, 0.3) is 0 Å². The van der Waals surface area contributed by atoms with Crippen molar-refractivity contribution in [1.29, 1.82) is 0 Å². The maximum absolute atomic E-state index is 13.0. The van der Waals surface area contributed by atoms with E-state index in [1.165, 1.54) is 0 Å². The third-order valence-electron chi connectivity index (χ3n) is 6.84. The van der Waals surface area contributed by atoms with Gasteiger partial charge < -0.3 is 15.5 Å². The minimum absolute atomic E-state index is 0.0429. The fraction of sp³-hybridized carbons (Fsp3) is 0.296. The lowest BCUT2D eigenvalue weighted by atomic mass is 9.96. The van der Waals surface area contributed by atoms with Crippen LogP contribution in [0.15, 0.2) is 67.4 Å². The molecule has 3 aromatic heterocycles. The molecule has 1 fully saturated rings. The van der Waals surface area contributed by atoms with Gasteiger partial charge in [0.1, 0.15) is 12.7 Å². The molecular formula is C27H30N8OS. The van der Waals surface area contributed by atoms with Crippen LogP contribution >= 0.6 is 12.2 Å². The van der Waals surface area contributed by atoms with Gasteiger partial charge in [-0.1, -0.05) is 31.2 Å². The van der Waals surface area contributed by atoms with E-state index < -0.39 is 0 Å². The van der Waals surface area contributed by atoms with Crippen molar-refractivity contribution < 1.29 is 4.79 Å². The molecule has 0 aliphatic carbocycles. The van der Waals surface area contributed by atoms with Gasteiger partial charge in [-0.05, 0) is 62.3 Å². The number of hydrogen-bond acceptors (Lipinski definition) is 5. The number of nitrogens with zero attached hydrogens (tertiary/aromatic N) is 6. The minimum Gasteiger partial charge on any atom is -0.352 e. The summed E-state index contributed by atoms with van der Waals surface area (Å²) < 4.78 is 3.92. The monoisotopic (exact) mass is 514 g/mol. The van der Waals surface area contributed by atoms with E-state index in [0.717, 1.165) is 40.3 Å². The lowest BCUT2D eigenvalue weighted by Gasteiger charge is -2.28. The third-order valence-corrected chi connectivity index (χ3v) is 7.19. The highest BCUT2D eigenvalue weighted by molar-refractivity contribution is 7.80. The Morgan fingerprint density at radius 1 is 1.11 bits per heavy atom. The Morgan fingerprint density at radius 2 is 1.86 bits per heavy atom. The van der Waals surface area contributed by atoms with E-state index in [2.05, 4.69) is 62.2 Å². The number of nitrogens with one attached hydrogen (secondary N) is 2. The van der Waals surface area contributed by atoms with Crippen LogP contribution in [0.1, 0.15) is 53.6 Å². The molecule has 4 aromatic rings. The number of amides is 1. The van der Waals surface area contributed by atoms with E-state index in [-0.39, 0.29) is 18.0 Å². The standard InChI is InChI=1S/C27H30N8OS/c1-4-20-9-5-6-10-22(20)31-24(36)12-14-34-26(25(32-27(34)37)23-11-7-8-13-28-23)21-15-18(2)35(19(21)3)33-16-29-30-17-33/h5-11,13,15-17,25-26H,4,12,14H2,1-3H3,(H,31,36)(H,32,37)/t25-,26-/m0/s1. The van der Waals surface area contributed by atoms with Gasteiger partial charge in [-0.3, -0.25) is 14.5 Å². The summed E-state index contributed by atoms with van der Waals surface area (Å²) in [4.78, 5) is 19.7. The van der Waals surface area contributed by atoms with Crippen molar-refractivity contribution in [3.8, 4) is 0 Å². The topological polar surface area (TPSA) is 92.9 Å². The molecule has 37 heavy (non-hydrogen) atoms. The van der Waals surface area contributed by atoms with Crippen LogP contribution in [0.3, 0.4) is 0 Å². The van der Waals surface area contributed by atoms with Crippen LogP contribution in [0.5, 0.6) is 0 Å². The lowest BCUT2D eigenvalue weighted by molar-refractivity contribution is -0.116. The number of para-hydroxylation sites is 1. The van der Waals surface area contributed by atoms with Gasteiger partial charge in [0.25, 0.3) is 0 Å². The number of anilines is 1. The highest BCUT2D eigenvalue weighted by Crippen LogP contribution is 2.40. The molecule has 0 unspecified atom stereocenters. The van der Waals surface area contributed by atoms with E-state index in [0.29, 0.717) is 18.1 Å². The van der Waals surface area contributed by atoms with Gasteiger partial charge in [0.05, 0.1) is 17.8 Å². The number of aromatic nitrogens is 5. The number of hydrogen-bond donors (Lipinski definition) is 2. The van der Waals surface area contributed by atoms with Gasteiger partial charge in [-0.25, -0.2) is 4.68 Å². The largest absolute Gasteiger partial charge is 0.352 e. The van der Waals surface area contributed by atoms with E-state index in [1.807, 2.05) is 47.1 Å². The Kier molecular flexibility index (Phi) is 7.00. The number of thiocarbonyl (C=S) groups is 1. The third kappa shape index (κ3) is 4.84. The molecule has 1 aliphatic heterocycles. The van der Waals surface area contributed by atoms with Crippen molar-refractivity contribution in [2.24, 2.45) is 0 Å². The van der Waals surface area contributed by atoms with Crippen LogP contribution in [-0.2, 0) is 11.2 Å². The minimum atomic E-state index is -0.160. The number of carbonyl (C=O) groups is 1. The van der Waals surface area contributed by atoms with E-state index in [9.17, 15) is 4.79 Å². The second-order valence-electron chi connectivity index (χ2n) is 9.11. The molecule has 190 valence electrons. The van der Waals surface area contributed by atoms with Crippen molar-refractivity contribution in [2.75, 3.05) is 11.9 Å².